The molecule has 0 amide bonds. The van der Waals surface area contributed by atoms with Gasteiger partial charge in [0.25, 0.3) is 0 Å². The zero-order chi connectivity index (χ0) is 9.26. The zero-order valence-electron chi connectivity index (χ0n) is 7.80. The lowest BCUT2D eigenvalue weighted by Gasteiger charge is -1.85. The summed E-state index contributed by atoms with van der Waals surface area (Å²) in [6, 6.07) is 8.30. The van der Waals surface area contributed by atoms with Gasteiger partial charge in [0.05, 0.1) is 0 Å². The van der Waals surface area contributed by atoms with E-state index in [9.17, 15) is 0 Å². The fraction of sp³-hybridized carbons (Fsp3) is 0.167. The van der Waals surface area contributed by atoms with Gasteiger partial charge < -0.3 is 4.98 Å². The van der Waals surface area contributed by atoms with Gasteiger partial charge in [0.15, 0.2) is 0 Å². The molecular weight excluding hydrogens is 158 g/mol. The molecule has 0 saturated heterocycles. The highest BCUT2D eigenvalue weighted by Crippen LogP contribution is 2.03. The molecule has 1 aromatic carbocycles. The second kappa shape index (κ2) is 3.09. The van der Waals surface area contributed by atoms with Gasteiger partial charge in [0.2, 0.25) is 0 Å². The number of H-pyrrole nitrogens is 1. The Hall–Kier alpha value is -1.50. The van der Waals surface area contributed by atoms with Crippen LogP contribution in [-0.4, -0.2) is 4.98 Å². The molecule has 0 unspecified atom stereocenters. The van der Waals surface area contributed by atoms with Crippen molar-refractivity contribution >= 4 is 23.6 Å². The van der Waals surface area contributed by atoms with Crippen LogP contribution in [0.5, 0.6) is 0 Å². The second-order valence-electron chi connectivity index (χ2n) is 3.18. The average Bonchev–Trinajstić information content (AvgIpc) is 2.44. The maximum Gasteiger partial charge on any atom is 0.0464 e. The number of fused-ring (bicyclic) bond motifs is 1. The van der Waals surface area contributed by atoms with Crippen molar-refractivity contribution < 1.29 is 0 Å². The van der Waals surface area contributed by atoms with Gasteiger partial charge >= 0.3 is 0 Å². The van der Waals surface area contributed by atoms with Crippen LogP contribution in [0.4, 0.5) is 0 Å². The molecule has 0 aliphatic carbocycles. The van der Waals surface area contributed by atoms with Crippen LogP contribution in [0.2, 0.25) is 0 Å². The van der Waals surface area contributed by atoms with Crippen LogP contribution in [0.25, 0.3) is 23.6 Å². The number of hydrogen-bond acceptors (Lipinski definition) is 0. The molecule has 0 aliphatic heterocycles. The highest BCUT2D eigenvalue weighted by Gasteiger charge is 1.95. The Kier molecular flexibility index (Phi) is 1.93. The Morgan fingerprint density at radius 3 is 2.92 bits per heavy atom. The SMILES string of the molecule is C=c1[nH]c2ccccc2/c1=C/CC. The quantitative estimate of drug-likeness (QED) is 0.673. The molecule has 0 aliphatic rings. The summed E-state index contributed by atoms with van der Waals surface area (Å²) in [6.45, 7) is 6.13. The maximum absolute atomic E-state index is 3.99. The number of aromatic nitrogens is 1. The van der Waals surface area contributed by atoms with E-state index < -0.39 is 0 Å². The number of aromatic amines is 1. The van der Waals surface area contributed by atoms with E-state index in [1.54, 1.807) is 0 Å². The summed E-state index contributed by atoms with van der Waals surface area (Å²) < 4.78 is 0. The predicted octanol–water partition coefficient (Wildman–Crippen LogP) is 1.77. The van der Waals surface area contributed by atoms with Crippen molar-refractivity contribution in [2.45, 2.75) is 13.3 Å². The molecule has 66 valence electrons. The van der Waals surface area contributed by atoms with Crippen molar-refractivity contribution in [1.82, 2.24) is 4.98 Å². The molecule has 2 aromatic rings. The number of rotatable bonds is 1. The van der Waals surface area contributed by atoms with Crippen LogP contribution in [-0.2, 0) is 0 Å². The largest absolute Gasteiger partial charge is 0.355 e. The van der Waals surface area contributed by atoms with Gasteiger partial charge in [-0.3, -0.25) is 0 Å². The van der Waals surface area contributed by atoms with Crippen LogP contribution in [0.1, 0.15) is 13.3 Å². The zero-order valence-corrected chi connectivity index (χ0v) is 7.80. The van der Waals surface area contributed by atoms with Gasteiger partial charge in [0, 0.05) is 21.5 Å². The van der Waals surface area contributed by atoms with Crippen molar-refractivity contribution in [3.05, 3.63) is 34.8 Å². The fourth-order valence-electron chi connectivity index (χ4n) is 1.66. The van der Waals surface area contributed by atoms with Crippen LogP contribution < -0.4 is 10.6 Å². The molecule has 1 heteroatoms. The summed E-state index contributed by atoms with van der Waals surface area (Å²) >= 11 is 0. The van der Waals surface area contributed by atoms with E-state index in [0.29, 0.717) is 0 Å². The van der Waals surface area contributed by atoms with Gasteiger partial charge in [-0.2, -0.15) is 0 Å². The minimum Gasteiger partial charge on any atom is -0.355 e. The van der Waals surface area contributed by atoms with E-state index in [2.05, 4.69) is 42.8 Å². The molecule has 13 heavy (non-hydrogen) atoms. The first kappa shape index (κ1) is 8.11. The number of benzene rings is 1. The maximum atomic E-state index is 3.99. The van der Waals surface area contributed by atoms with Gasteiger partial charge in [-0.1, -0.05) is 37.8 Å². The summed E-state index contributed by atoms with van der Waals surface area (Å²) in [5, 5.41) is 3.54. The Bertz CT molecular complexity index is 520. The lowest BCUT2D eigenvalue weighted by atomic mass is 10.2. The highest BCUT2D eigenvalue weighted by atomic mass is 14.7. The third kappa shape index (κ3) is 1.26. The normalized spacial score (nSPS) is 12.5. The van der Waals surface area contributed by atoms with Crippen molar-refractivity contribution in [3.8, 4) is 0 Å². The Morgan fingerprint density at radius 1 is 1.38 bits per heavy atom. The molecule has 0 spiro atoms. The van der Waals surface area contributed by atoms with Crippen molar-refractivity contribution in [2.24, 2.45) is 0 Å². The molecule has 1 heterocycles. The van der Waals surface area contributed by atoms with Gasteiger partial charge in [0.1, 0.15) is 0 Å². The van der Waals surface area contributed by atoms with Crippen molar-refractivity contribution in [1.29, 1.82) is 0 Å². The Morgan fingerprint density at radius 2 is 2.15 bits per heavy atom. The summed E-state index contributed by atoms with van der Waals surface area (Å²) in [7, 11) is 0. The van der Waals surface area contributed by atoms with Crippen molar-refractivity contribution in [3.63, 3.8) is 0 Å². The van der Waals surface area contributed by atoms with E-state index in [4.69, 9.17) is 0 Å². The number of para-hydroxylation sites is 1. The van der Waals surface area contributed by atoms with Crippen LogP contribution in [0.3, 0.4) is 0 Å². The average molecular weight is 171 g/mol. The summed E-state index contributed by atoms with van der Waals surface area (Å²) in [4.78, 5) is 3.27. The molecule has 2 rings (SSSR count). The molecule has 1 aromatic heterocycles. The van der Waals surface area contributed by atoms with Gasteiger partial charge in [-0.25, -0.2) is 0 Å². The first-order valence-corrected chi connectivity index (χ1v) is 4.58. The van der Waals surface area contributed by atoms with Crippen molar-refractivity contribution in [2.75, 3.05) is 0 Å². The molecule has 0 atom stereocenters. The second-order valence-corrected chi connectivity index (χ2v) is 3.18. The third-order valence-corrected chi connectivity index (χ3v) is 2.24. The third-order valence-electron chi connectivity index (χ3n) is 2.24. The lowest BCUT2D eigenvalue weighted by molar-refractivity contribution is 1.28. The minimum atomic E-state index is 1.02. The van der Waals surface area contributed by atoms with E-state index >= 15 is 0 Å². The van der Waals surface area contributed by atoms with E-state index in [0.717, 1.165) is 11.8 Å². The number of hydrogen-bond donors (Lipinski definition) is 1. The lowest BCUT2D eigenvalue weighted by Crippen LogP contribution is -2.20. The summed E-state index contributed by atoms with van der Waals surface area (Å²) in [5.74, 6) is 0. The van der Waals surface area contributed by atoms with E-state index in [-0.39, 0.29) is 0 Å². The number of nitrogens with one attached hydrogen (secondary N) is 1. The standard InChI is InChI=1S/C12H13N/c1-3-6-10-9(2)13-12-8-5-4-7-11(10)12/h4-8,13H,2-3H2,1H3/b10-6+. The highest BCUT2D eigenvalue weighted by molar-refractivity contribution is 5.80. The van der Waals surface area contributed by atoms with Crippen LogP contribution in [0, 0.1) is 0 Å². The Labute approximate surface area is 77.4 Å². The van der Waals surface area contributed by atoms with E-state index in [1.807, 2.05) is 6.07 Å². The molecule has 0 bridgehead atoms. The molecule has 1 nitrogen and oxygen atoms in total. The first-order chi connectivity index (χ1) is 6.33. The Balaban J connectivity index is 2.95. The molecule has 0 radical (unpaired) electrons. The van der Waals surface area contributed by atoms with E-state index in [1.165, 1.54) is 16.1 Å². The van der Waals surface area contributed by atoms with Crippen LogP contribution >= 0.6 is 0 Å². The minimum absolute atomic E-state index is 1.02. The molecule has 0 fully saturated rings. The molecular formula is C12H13N. The topological polar surface area (TPSA) is 15.8 Å². The fourth-order valence-corrected chi connectivity index (χ4v) is 1.66. The first-order valence-electron chi connectivity index (χ1n) is 4.58. The predicted molar refractivity (Wildman–Crippen MR) is 57.8 cm³/mol. The molecule has 1 N–H and O–H groups in total. The van der Waals surface area contributed by atoms with Gasteiger partial charge in [-0.05, 0) is 12.5 Å². The smallest absolute Gasteiger partial charge is 0.0464 e. The summed E-state index contributed by atoms with van der Waals surface area (Å²) in [5.41, 5.74) is 1.17. The molecule has 0 saturated carbocycles. The van der Waals surface area contributed by atoms with Gasteiger partial charge in [-0.15, -0.1) is 0 Å². The van der Waals surface area contributed by atoms with Crippen LogP contribution in [0.15, 0.2) is 24.3 Å². The monoisotopic (exact) mass is 171 g/mol. The summed E-state index contributed by atoms with van der Waals surface area (Å²) in [6.07, 6.45) is 3.26.